The fraction of sp³-hybridized carbons (Fsp3) is 1.00. The summed E-state index contributed by atoms with van der Waals surface area (Å²) >= 11 is 0. The zero-order valence-electron chi connectivity index (χ0n) is 11.1. The standard InChI is InChI=1S/C12H24O5P/c1-3-12-10(6-9(2)16-12)8-18(13,14)17-11-4-5-15-7-11/h9-14H,3-8H2,1-2H3/q+1. The van der Waals surface area contributed by atoms with Crippen molar-refractivity contribution in [3.63, 3.8) is 0 Å². The van der Waals surface area contributed by atoms with Gasteiger partial charge in [0.05, 0.1) is 18.8 Å². The highest BCUT2D eigenvalue weighted by Gasteiger charge is 2.47. The first kappa shape index (κ1) is 14.6. The highest BCUT2D eigenvalue weighted by molar-refractivity contribution is 7.59. The fourth-order valence-corrected chi connectivity index (χ4v) is 4.57. The zero-order valence-corrected chi connectivity index (χ0v) is 12.0. The monoisotopic (exact) mass is 279 g/mol. The minimum atomic E-state index is -3.28. The second kappa shape index (κ2) is 6.12. The Balaban J connectivity index is 1.86. The van der Waals surface area contributed by atoms with Crippen LogP contribution >= 0.6 is 7.94 Å². The highest BCUT2D eigenvalue weighted by atomic mass is 31.2. The number of ether oxygens (including phenoxy) is 2. The van der Waals surface area contributed by atoms with Gasteiger partial charge < -0.3 is 9.47 Å². The predicted molar refractivity (Wildman–Crippen MR) is 69.3 cm³/mol. The molecule has 4 atom stereocenters. The van der Waals surface area contributed by atoms with Gasteiger partial charge in [-0.1, -0.05) is 6.92 Å². The molecule has 2 N–H and O–H groups in total. The van der Waals surface area contributed by atoms with Crippen molar-refractivity contribution in [3.8, 4) is 0 Å². The van der Waals surface area contributed by atoms with E-state index in [0.717, 1.165) is 19.3 Å². The van der Waals surface area contributed by atoms with Gasteiger partial charge in [-0.05, 0) is 19.8 Å². The second-order valence-corrected chi connectivity index (χ2v) is 7.23. The van der Waals surface area contributed by atoms with Gasteiger partial charge in [-0.15, -0.1) is 0 Å². The van der Waals surface area contributed by atoms with E-state index in [0.29, 0.717) is 19.4 Å². The van der Waals surface area contributed by atoms with E-state index in [4.69, 9.17) is 14.0 Å². The molecule has 0 aromatic heterocycles. The summed E-state index contributed by atoms with van der Waals surface area (Å²) < 4.78 is 16.4. The third kappa shape index (κ3) is 3.86. The Hall–Kier alpha value is 0.230. The molecule has 0 aromatic carbocycles. The summed E-state index contributed by atoms with van der Waals surface area (Å²) in [7, 11) is -3.28. The van der Waals surface area contributed by atoms with E-state index in [-0.39, 0.29) is 24.2 Å². The minimum Gasteiger partial charge on any atom is -0.378 e. The van der Waals surface area contributed by atoms with E-state index in [1.807, 2.05) is 6.92 Å². The third-order valence-electron chi connectivity index (χ3n) is 3.65. The van der Waals surface area contributed by atoms with E-state index in [1.165, 1.54) is 0 Å². The molecule has 106 valence electrons. The zero-order chi connectivity index (χ0) is 13.2. The summed E-state index contributed by atoms with van der Waals surface area (Å²) in [4.78, 5) is 20.1. The first-order chi connectivity index (χ1) is 8.50. The van der Waals surface area contributed by atoms with Crippen LogP contribution in [-0.2, 0) is 14.0 Å². The maximum absolute atomic E-state index is 10.1. The van der Waals surface area contributed by atoms with E-state index in [1.54, 1.807) is 0 Å². The van der Waals surface area contributed by atoms with Crippen molar-refractivity contribution < 1.29 is 23.8 Å². The van der Waals surface area contributed by atoms with Crippen LogP contribution < -0.4 is 0 Å². The average Bonchev–Trinajstić information content (AvgIpc) is 2.87. The van der Waals surface area contributed by atoms with Gasteiger partial charge in [-0.2, -0.15) is 14.3 Å². The summed E-state index contributed by atoms with van der Waals surface area (Å²) in [6, 6.07) is 0. The summed E-state index contributed by atoms with van der Waals surface area (Å²) in [5.74, 6) is 0.190. The Bertz CT molecular complexity index is 267. The van der Waals surface area contributed by atoms with E-state index >= 15 is 0 Å². The third-order valence-corrected chi connectivity index (χ3v) is 5.23. The molecule has 0 aliphatic carbocycles. The van der Waals surface area contributed by atoms with Crippen LogP contribution in [0.15, 0.2) is 0 Å². The molecule has 0 spiro atoms. The lowest BCUT2D eigenvalue weighted by molar-refractivity contribution is 0.0424. The van der Waals surface area contributed by atoms with Crippen LogP contribution in [0.25, 0.3) is 0 Å². The maximum atomic E-state index is 10.1. The summed E-state index contributed by atoms with van der Waals surface area (Å²) in [5.41, 5.74) is 0. The quantitative estimate of drug-likeness (QED) is 0.750. The Morgan fingerprint density at radius 3 is 2.78 bits per heavy atom. The summed E-state index contributed by atoms with van der Waals surface area (Å²) in [5, 5.41) is 0. The van der Waals surface area contributed by atoms with Gasteiger partial charge in [0.2, 0.25) is 0 Å². The molecule has 0 aromatic rings. The first-order valence-corrected chi connectivity index (χ1v) is 8.55. The van der Waals surface area contributed by atoms with E-state index < -0.39 is 7.94 Å². The molecule has 0 saturated carbocycles. The van der Waals surface area contributed by atoms with Gasteiger partial charge in [0.25, 0.3) is 0 Å². The molecule has 5 nitrogen and oxygen atoms in total. The molecule has 4 unspecified atom stereocenters. The number of rotatable bonds is 5. The molecule has 2 aliphatic rings. The highest BCUT2D eigenvalue weighted by Crippen LogP contribution is 2.56. The molecule has 2 fully saturated rings. The molecule has 2 rings (SSSR count). The molecular formula is C12H24O5P+. The number of hydrogen-bond acceptors (Lipinski definition) is 5. The lowest BCUT2D eigenvalue weighted by Crippen LogP contribution is -2.23. The predicted octanol–water partition coefficient (Wildman–Crippen LogP) is 1.74. The van der Waals surface area contributed by atoms with Crippen LogP contribution in [0.4, 0.5) is 0 Å². The molecule has 6 heteroatoms. The maximum Gasteiger partial charge on any atom is 0.406 e. The lowest BCUT2D eigenvalue weighted by Gasteiger charge is -2.20. The Kier molecular flexibility index (Phi) is 4.98. The van der Waals surface area contributed by atoms with Crippen LogP contribution in [0, 0.1) is 5.92 Å². The molecule has 2 aliphatic heterocycles. The SMILES string of the molecule is CCC1OC(C)CC1C[P+](O)(O)OC1CCOC1. The summed E-state index contributed by atoms with van der Waals surface area (Å²) in [6.07, 6.45) is 3.02. The smallest absolute Gasteiger partial charge is 0.378 e. The van der Waals surface area contributed by atoms with Gasteiger partial charge in [-0.3, -0.25) is 0 Å². The van der Waals surface area contributed by atoms with Crippen LogP contribution in [0.5, 0.6) is 0 Å². The Morgan fingerprint density at radius 2 is 2.17 bits per heavy atom. The van der Waals surface area contributed by atoms with Crippen molar-refractivity contribution in [1.29, 1.82) is 0 Å². The average molecular weight is 279 g/mol. The molecule has 18 heavy (non-hydrogen) atoms. The van der Waals surface area contributed by atoms with Gasteiger partial charge in [0, 0.05) is 18.9 Å². The van der Waals surface area contributed by atoms with Crippen molar-refractivity contribution >= 4 is 7.94 Å². The topological polar surface area (TPSA) is 68.2 Å². The van der Waals surface area contributed by atoms with Gasteiger partial charge >= 0.3 is 7.94 Å². The van der Waals surface area contributed by atoms with Gasteiger partial charge in [-0.25, -0.2) is 0 Å². The Morgan fingerprint density at radius 1 is 1.39 bits per heavy atom. The normalized spacial score (nSPS) is 37.3. The van der Waals surface area contributed by atoms with Crippen LogP contribution in [-0.4, -0.2) is 47.5 Å². The van der Waals surface area contributed by atoms with Gasteiger partial charge in [0.1, 0.15) is 12.3 Å². The molecule has 0 radical (unpaired) electrons. The van der Waals surface area contributed by atoms with E-state index in [2.05, 4.69) is 6.92 Å². The minimum absolute atomic E-state index is 0.127. The largest absolute Gasteiger partial charge is 0.406 e. The van der Waals surface area contributed by atoms with Crippen molar-refractivity contribution in [3.05, 3.63) is 0 Å². The van der Waals surface area contributed by atoms with Crippen LogP contribution in [0.2, 0.25) is 0 Å². The van der Waals surface area contributed by atoms with Crippen molar-refractivity contribution in [2.75, 3.05) is 19.4 Å². The van der Waals surface area contributed by atoms with E-state index in [9.17, 15) is 9.79 Å². The first-order valence-electron chi connectivity index (χ1n) is 6.75. The molecular weight excluding hydrogens is 255 g/mol. The van der Waals surface area contributed by atoms with Gasteiger partial charge in [0.15, 0.2) is 0 Å². The second-order valence-electron chi connectivity index (χ2n) is 5.33. The Labute approximate surface area is 109 Å². The molecule has 2 saturated heterocycles. The van der Waals surface area contributed by atoms with Crippen LogP contribution in [0.3, 0.4) is 0 Å². The fourth-order valence-electron chi connectivity index (χ4n) is 2.85. The number of hydrogen-bond donors (Lipinski definition) is 2. The van der Waals surface area contributed by atoms with Crippen molar-refractivity contribution in [2.24, 2.45) is 5.92 Å². The molecule has 0 bridgehead atoms. The van der Waals surface area contributed by atoms with Crippen LogP contribution in [0.1, 0.15) is 33.1 Å². The molecule has 2 heterocycles. The van der Waals surface area contributed by atoms with Crippen molar-refractivity contribution in [1.82, 2.24) is 0 Å². The molecule has 0 amide bonds. The van der Waals surface area contributed by atoms with Crippen molar-refractivity contribution in [2.45, 2.75) is 51.4 Å². The summed E-state index contributed by atoms with van der Waals surface area (Å²) in [6.45, 7) is 5.21. The lowest BCUT2D eigenvalue weighted by atomic mass is 10.0.